The van der Waals surface area contributed by atoms with Crippen LogP contribution >= 0.6 is 0 Å². The number of amides is 1. The van der Waals surface area contributed by atoms with Crippen LogP contribution in [0.4, 0.5) is 4.39 Å². The third kappa shape index (κ3) is 4.78. The van der Waals surface area contributed by atoms with Gasteiger partial charge in [0.15, 0.2) is 0 Å². The maximum absolute atomic E-state index is 13.9. The SMILES string of the molecule is COc1ccc([C@@H]2CC(c3cccc(F)c3)=NN2C(=O)CN2CCC(C)CC2)c(OC)c1. The van der Waals surface area contributed by atoms with Crippen molar-refractivity contribution in [3.63, 3.8) is 0 Å². The molecule has 2 aromatic carbocycles. The number of carbonyl (C=O) groups excluding carboxylic acids is 1. The van der Waals surface area contributed by atoms with E-state index in [-0.39, 0.29) is 17.8 Å². The number of likely N-dealkylation sites (tertiary alicyclic amines) is 1. The van der Waals surface area contributed by atoms with Gasteiger partial charge in [0, 0.05) is 23.6 Å². The minimum absolute atomic E-state index is 0.0613. The number of nitrogens with zero attached hydrogens (tertiary/aromatic N) is 3. The molecule has 1 atom stereocenters. The summed E-state index contributed by atoms with van der Waals surface area (Å²) in [5.74, 6) is 1.62. The second kappa shape index (κ2) is 9.69. The van der Waals surface area contributed by atoms with Crippen molar-refractivity contribution in [3.05, 3.63) is 59.4 Å². The smallest absolute Gasteiger partial charge is 0.257 e. The van der Waals surface area contributed by atoms with E-state index in [0.717, 1.165) is 31.5 Å². The molecule has 0 unspecified atom stereocenters. The highest BCUT2D eigenvalue weighted by molar-refractivity contribution is 6.03. The van der Waals surface area contributed by atoms with Crippen LogP contribution in [0.25, 0.3) is 0 Å². The number of piperidine rings is 1. The molecule has 32 heavy (non-hydrogen) atoms. The Bertz CT molecular complexity index is 1000. The summed E-state index contributed by atoms with van der Waals surface area (Å²) in [5, 5.41) is 6.23. The molecule has 0 aliphatic carbocycles. The Labute approximate surface area is 188 Å². The van der Waals surface area contributed by atoms with Crippen molar-refractivity contribution in [3.8, 4) is 11.5 Å². The lowest BCUT2D eigenvalue weighted by Crippen LogP contribution is -2.41. The second-order valence-corrected chi connectivity index (χ2v) is 8.58. The summed E-state index contributed by atoms with van der Waals surface area (Å²) in [6, 6.07) is 11.6. The van der Waals surface area contributed by atoms with Gasteiger partial charge in [-0.2, -0.15) is 5.10 Å². The predicted octanol–water partition coefficient (Wildman–Crippen LogP) is 4.25. The molecule has 2 heterocycles. The summed E-state index contributed by atoms with van der Waals surface area (Å²) in [7, 11) is 3.20. The first-order valence-corrected chi connectivity index (χ1v) is 11.1. The largest absolute Gasteiger partial charge is 0.497 e. The number of benzene rings is 2. The molecule has 0 radical (unpaired) electrons. The topological polar surface area (TPSA) is 54.4 Å². The Morgan fingerprint density at radius 3 is 2.59 bits per heavy atom. The van der Waals surface area contributed by atoms with Crippen molar-refractivity contribution in [2.45, 2.75) is 32.2 Å². The number of rotatable bonds is 6. The number of methoxy groups -OCH3 is 2. The molecular weight excluding hydrogens is 409 g/mol. The summed E-state index contributed by atoms with van der Waals surface area (Å²) in [4.78, 5) is 15.6. The fraction of sp³-hybridized carbons (Fsp3) is 0.440. The molecule has 6 nitrogen and oxygen atoms in total. The van der Waals surface area contributed by atoms with Crippen molar-refractivity contribution in [2.24, 2.45) is 11.0 Å². The maximum atomic E-state index is 13.9. The van der Waals surface area contributed by atoms with Gasteiger partial charge in [0.2, 0.25) is 0 Å². The van der Waals surface area contributed by atoms with E-state index in [1.807, 2.05) is 24.3 Å². The van der Waals surface area contributed by atoms with Gasteiger partial charge in [-0.05, 0) is 56.1 Å². The van der Waals surface area contributed by atoms with Crippen LogP contribution in [0.1, 0.15) is 43.4 Å². The van der Waals surface area contributed by atoms with Crippen molar-refractivity contribution in [1.29, 1.82) is 0 Å². The normalized spacial score (nSPS) is 19.7. The lowest BCUT2D eigenvalue weighted by Gasteiger charge is -2.31. The fourth-order valence-electron chi connectivity index (χ4n) is 4.40. The number of hydrogen-bond donors (Lipinski definition) is 0. The van der Waals surface area contributed by atoms with Crippen LogP contribution in [-0.2, 0) is 4.79 Å². The standard InChI is InChI=1S/C25H30FN3O3/c1-17-9-11-28(12-10-17)16-25(30)29-23(21-8-7-20(31-2)14-24(21)32-3)15-22(27-29)18-5-4-6-19(26)13-18/h4-8,13-14,17,23H,9-12,15-16H2,1-3H3/t23-/m0/s1. The molecule has 2 aliphatic rings. The van der Waals surface area contributed by atoms with E-state index in [0.29, 0.717) is 41.7 Å². The van der Waals surface area contributed by atoms with E-state index in [2.05, 4.69) is 16.9 Å². The molecule has 0 saturated carbocycles. The molecular formula is C25H30FN3O3. The highest BCUT2D eigenvalue weighted by atomic mass is 19.1. The molecule has 0 spiro atoms. The quantitative estimate of drug-likeness (QED) is 0.675. The number of halogens is 1. The van der Waals surface area contributed by atoms with Gasteiger partial charge in [-0.25, -0.2) is 9.40 Å². The zero-order valence-electron chi connectivity index (χ0n) is 18.9. The van der Waals surface area contributed by atoms with Crippen molar-refractivity contribution in [2.75, 3.05) is 33.9 Å². The number of ether oxygens (including phenoxy) is 2. The third-order valence-electron chi connectivity index (χ3n) is 6.36. The zero-order valence-corrected chi connectivity index (χ0v) is 18.9. The minimum atomic E-state index is -0.328. The first-order valence-electron chi connectivity index (χ1n) is 11.1. The van der Waals surface area contributed by atoms with Gasteiger partial charge in [0.05, 0.1) is 32.5 Å². The molecule has 2 aromatic rings. The van der Waals surface area contributed by atoms with E-state index in [4.69, 9.17) is 9.47 Å². The number of carbonyl (C=O) groups is 1. The lowest BCUT2D eigenvalue weighted by atomic mass is 9.97. The van der Waals surface area contributed by atoms with Crippen LogP contribution in [0.3, 0.4) is 0 Å². The van der Waals surface area contributed by atoms with Crippen molar-refractivity contribution < 1.29 is 18.7 Å². The third-order valence-corrected chi connectivity index (χ3v) is 6.36. The number of hydrogen-bond acceptors (Lipinski definition) is 5. The Morgan fingerprint density at radius 1 is 1.12 bits per heavy atom. The summed E-state index contributed by atoms with van der Waals surface area (Å²) in [5.41, 5.74) is 2.22. The Hall–Kier alpha value is -2.93. The maximum Gasteiger partial charge on any atom is 0.257 e. The molecule has 0 aromatic heterocycles. The van der Waals surface area contributed by atoms with Crippen LogP contribution in [0.2, 0.25) is 0 Å². The van der Waals surface area contributed by atoms with Crippen LogP contribution in [0.15, 0.2) is 47.6 Å². The average Bonchev–Trinajstić information content (AvgIpc) is 3.25. The van der Waals surface area contributed by atoms with Crippen molar-refractivity contribution >= 4 is 11.6 Å². The predicted molar refractivity (Wildman–Crippen MR) is 122 cm³/mol. The van der Waals surface area contributed by atoms with Crippen LogP contribution < -0.4 is 9.47 Å². The highest BCUT2D eigenvalue weighted by Crippen LogP contribution is 2.39. The Kier molecular flexibility index (Phi) is 6.74. The average molecular weight is 440 g/mol. The van der Waals surface area contributed by atoms with E-state index >= 15 is 0 Å². The van der Waals surface area contributed by atoms with Gasteiger partial charge >= 0.3 is 0 Å². The zero-order chi connectivity index (χ0) is 22.7. The van der Waals surface area contributed by atoms with Crippen molar-refractivity contribution in [1.82, 2.24) is 9.91 Å². The molecule has 1 fully saturated rings. The monoisotopic (exact) mass is 439 g/mol. The van der Waals surface area contributed by atoms with Gasteiger partial charge in [-0.15, -0.1) is 0 Å². The van der Waals surface area contributed by atoms with Crippen LogP contribution in [0, 0.1) is 11.7 Å². The first kappa shape index (κ1) is 22.3. The molecule has 170 valence electrons. The highest BCUT2D eigenvalue weighted by Gasteiger charge is 2.36. The van der Waals surface area contributed by atoms with E-state index < -0.39 is 0 Å². The van der Waals surface area contributed by atoms with Gasteiger partial charge < -0.3 is 9.47 Å². The Morgan fingerprint density at radius 2 is 1.91 bits per heavy atom. The van der Waals surface area contributed by atoms with Gasteiger partial charge in [-0.1, -0.05) is 19.1 Å². The molecule has 4 rings (SSSR count). The van der Waals surface area contributed by atoms with Gasteiger partial charge in [-0.3, -0.25) is 9.69 Å². The molecule has 7 heteroatoms. The molecule has 0 N–H and O–H groups in total. The van der Waals surface area contributed by atoms with E-state index in [1.165, 1.54) is 12.1 Å². The van der Waals surface area contributed by atoms with Crippen LogP contribution in [-0.4, -0.2) is 55.4 Å². The number of hydrazone groups is 1. The van der Waals surface area contributed by atoms with Gasteiger partial charge in [0.1, 0.15) is 17.3 Å². The van der Waals surface area contributed by atoms with E-state index in [9.17, 15) is 9.18 Å². The summed E-state index contributed by atoms with van der Waals surface area (Å²) >= 11 is 0. The summed E-state index contributed by atoms with van der Waals surface area (Å²) < 4.78 is 24.8. The first-order chi connectivity index (χ1) is 15.5. The molecule has 1 saturated heterocycles. The molecule has 0 bridgehead atoms. The lowest BCUT2D eigenvalue weighted by molar-refractivity contribution is -0.134. The summed E-state index contributed by atoms with van der Waals surface area (Å²) in [6.07, 6.45) is 2.68. The molecule has 2 aliphatic heterocycles. The fourth-order valence-corrected chi connectivity index (χ4v) is 4.40. The summed E-state index contributed by atoms with van der Waals surface area (Å²) in [6.45, 7) is 4.40. The second-order valence-electron chi connectivity index (χ2n) is 8.58. The van der Waals surface area contributed by atoms with Crippen LogP contribution in [0.5, 0.6) is 11.5 Å². The Balaban J connectivity index is 1.64. The van der Waals surface area contributed by atoms with Gasteiger partial charge in [0.25, 0.3) is 5.91 Å². The van der Waals surface area contributed by atoms with E-state index in [1.54, 1.807) is 25.3 Å². The molecule has 1 amide bonds. The minimum Gasteiger partial charge on any atom is -0.497 e.